The fourth-order valence-electron chi connectivity index (χ4n) is 1.38. The Hall–Kier alpha value is -1.90. The van der Waals surface area contributed by atoms with Gasteiger partial charge in [-0.15, -0.1) is 0 Å². The van der Waals surface area contributed by atoms with Crippen LogP contribution in [0.1, 0.15) is 12.5 Å². The smallest absolute Gasteiger partial charge is 0.341 e. The summed E-state index contributed by atoms with van der Waals surface area (Å²) in [6, 6.07) is 9.29. The van der Waals surface area contributed by atoms with Crippen molar-refractivity contribution >= 4 is 11.8 Å². The van der Waals surface area contributed by atoms with Gasteiger partial charge in [0.15, 0.2) is 5.78 Å². The zero-order valence-corrected chi connectivity index (χ0v) is 9.40. The second-order valence-electron chi connectivity index (χ2n) is 3.28. The third-order valence-electron chi connectivity index (χ3n) is 2.20. The first kappa shape index (κ1) is 12.2. The number of hydrogen-bond acceptors (Lipinski definition) is 3. The molecule has 0 saturated heterocycles. The minimum atomic E-state index is -0.580. The summed E-state index contributed by atoms with van der Waals surface area (Å²) in [6.45, 7) is 1.65. The van der Waals surface area contributed by atoms with Crippen molar-refractivity contribution in [1.29, 1.82) is 0 Å². The van der Waals surface area contributed by atoms with Crippen molar-refractivity contribution in [3.63, 3.8) is 0 Å². The lowest BCUT2D eigenvalue weighted by Gasteiger charge is -2.03. The Morgan fingerprint density at radius 2 is 1.88 bits per heavy atom. The van der Waals surface area contributed by atoms with Crippen LogP contribution in [0.3, 0.4) is 0 Å². The minimum absolute atomic E-state index is 0.103. The van der Waals surface area contributed by atoms with Crippen LogP contribution in [0.4, 0.5) is 0 Å². The second-order valence-corrected chi connectivity index (χ2v) is 3.28. The SMILES string of the molecule is C/C=C(\C(=O)Cc1ccccc1)C(=O)OC. The van der Waals surface area contributed by atoms with Gasteiger partial charge in [-0.25, -0.2) is 4.79 Å². The Kier molecular flexibility index (Phi) is 4.45. The van der Waals surface area contributed by atoms with E-state index in [-0.39, 0.29) is 17.8 Å². The summed E-state index contributed by atoms with van der Waals surface area (Å²) < 4.78 is 4.53. The molecule has 3 nitrogen and oxygen atoms in total. The standard InChI is InChI=1S/C13H14O3/c1-3-11(13(15)16-2)12(14)9-10-7-5-4-6-8-10/h3-8H,9H2,1-2H3/b11-3+. The van der Waals surface area contributed by atoms with Gasteiger partial charge in [0.2, 0.25) is 0 Å². The number of Topliss-reactive ketones (excluding diaryl/α,β-unsaturated/α-hetero) is 1. The largest absolute Gasteiger partial charge is 0.465 e. The van der Waals surface area contributed by atoms with E-state index in [1.807, 2.05) is 30.3 Å². The van der Waals surface area contributed by atoms with Crippen LogP contribution in [-0.2, 0) is 20.7 Å². The molecule has 1 rings (SSSR count). The highest BCUT2D eigenvalue weighted by Gasteiger charge is 2.17. The number of ether oxygens (including phenoxy) is 1. The van der Waals surface area contributed by atoms with Gasteiger partial charge < -0.3 is 4.74 Å². The molecule has 0 aliphatic carbocycles. The van der Waals surface area contributed by atoms with Gasteiger partial charge in [-0.2, -0.15) is 0 Å². The number of esters is 1. The van der Waals surface area contributed by atoms with E-state index in [2.05, 4.69) is 4.74 Å². The van der Waals surface area contributed by atoms with Crippen molar-refractivity contribution in [2.45, 2.75) is 13.3 Å². The molecule has 84 valence electrons. The quantitative estimate of drug-likeness (QED) is 0.335. The van der Waals surface area contributed by atoms with Crippen LogP contribution in [0, 0.1) is 0 Å². The van der Waals surface area contributed by atoms with Gasteiger partial charge in [0.1, 0.15) is 0 Å². The van der Waals surface area contributed by atoms with Gasteiger partial charge in [-0.05, 0) is 12.5 Å². The lowest BCUT2D eigenvalue weighted by atomic mass is 10.0. The van der Waals surface area contributed by atoms with Crippen molar-refractivity contribution in [2.75, 3.05) is 7.11 Å². The van der Waals surface area contributed by atoms with Crippen LogP contribution in [0.25, 0.3) is 0 Å². The fourth-order valence-corrected chi connectivity index (χ4v) is 1.38. The maximum atomic E-state index is 11.8. The molecular formula is C13H14O3. The molecule has 0 saturated carbocycles. The van der Waals surface area contributed by atoms with Crippen LogP contribution in [0.15, 0.2) is 42.0 Å². The molecule has 0 spiro atoms. The Labute approximate surface area is 94.7 Å². The molecule has 0 amide bonds. The lowest BCUT2D eigenvalue weighted by molar-refractivity contribution is -0.137. The molecule has 0 aliphatic rings. The maximum absolute atomic E-state index is 11.8. The minimum Gasteiger partial charge on any atom is -0.465 e. The van der Waals surface area contributed by atoms with Gasteiger partial charge in [0.05, 0.1) is 12.7 Å². The van der Waals surface area contributed by atoms with E-state index < -0.39 is 5.97 Å². The molecule has 0 unspecified atom stereocenters. The zero-order chi connectivity index (χ0) is 12.0. The van der Waals surface area contributed by atoms with Crippen molar-refractivity contribution < 1.29 is 14.3 Å². The predicted molar refractivity (Wildman–Crippen MR) is 60.9 cm³/mol. The molecular weight excluding hydrogens is 204 g/mol. The molecule has 0 atom stereocenters. The Morgan fingerprint density at radius 1 is 1.25 bits per heavy atom. The first-order chi connectivity index (χ1) is 7.69. The third-order valence-corrected chi connectivity index (χ3v) is 2.20. The number of benzene rings is 1. The lowest BCUT2D eigenvalue weighted by Crippen LogP contribution is -2.16. The first-order valence-corrected chi connectivity index (χ1v) is 5.00. The molecule has 0 fully saturated rings. The van der Waals surface area contributed by atoms with Crippen LogP contribution in [0.5, 0.6) is 0 Å². The summed E-state index contributed by atoms with van der Waals surface area (Å²) >= 11 is 0. The summed E-state index contributed by atoms with van der Waals surface area (Å²) in [5.41, 5.74) is 0.988. The first-order valence-electron chi connectivity index (χ1n) is 5.00. The molecule has 16 heavy (non-hydrogen) atoms. The van der Waals surface area contributed by atoms with Crippen LogP contribution in [-0.4, -0.2) is 18.9 Å². The summed E-state index contributed by atoms with van der Waals surface area (Å²) in [5.74, 6) is -0.802. The highest BCUT2D eigenvalue weighted by molar-refractivity contribution is 6.17. The molecule has 1 aromatic rings. The van der Waals surface area contributed by atoms with Crippen LogP contribution < -0.4 is 0 Å². The van der Waals surface area contributed by atoms with E-state index in [1.165, 1.54) is 13.2 Å². The monoisotopic (exact) mass is 218 g/mol. The Bertz CT molecular complexity index is 404. The summed E-state index contributed by atoms with van der Waals surface area (Å²) in [7, 11) is 1.27. The van der Waals surface area contributed by atoms with Crippen LogP contribution >= 0.6 is 0 Å². The van der Waals surface area contributed by atoms with E-state index in [4.69, 9.17) is 0 Å². The fraction of sp³-hybridized carbons (Fsp3) is 0.231. The van der Waals surface area contributed by atoms with E-state index in [1.54, 1.807) is 6.92 Å². The number of ketones is 1. The number of carbonyl (C=O) groups is 2. The highest BCUT2D eigenvalue weighted by atomic mass is 16.5. The van der Waals surface area contributed by atoms with Crippen molar-refractivity contribution in [3.05, 3.63) is 47.5 Å². The molecule has 0 aromatic heterocycles. The predicted octanol–water partition coefficient (Wildman–Crippen LogP) is 1.92. The average molecular weight is 218 g/mol. The number of rotatable bonds is 4. The van der Waals surface area contributed by atoms with Gasteiger partial charge in [0.25, 0.3) is 0 Å². The Balaban J connectivity index is 2.76. The van der Waals surface area contributed by atoms with Gasteiger partial charge in [0, 0.05) is 6.42 Å². The van der Waals surface area contributed by atoms with Gasteiger partial charge >= 0.3 is 5.97 Å². The van der Waals surface area contributed by atoms with E-state index in [0.29, 0.717) is 0 Å². The molecule has 0 N–H and O–H groups in total. The molecule has 0 aliphatic heterocycles. The topological polar surface area (TPSA) is 43.4 Å². The molecule has 0 radical (unpaired) electrons. The van der Waals surface area contributed by atoms with Gasteiger partial charge in [-0.3, -0.25) is 4.79 Å². The molecule has 3 heteroatoms. The van der Waals surface area contributed by atoms with Crippen molar-refractivity contribution in [1.82, 2.24) is 0 Å². The van der Waals surface area contributed by atoms with E-state index in [9.17, 15) is 9.59 Å². The number of allylic oxidation sites excluding steroid dienone is 1. The van der Waals surface area contributed by atoms with Crippen molar-refractivity contribution in [2.24, 2.45) is 0 Å². The normalized spacial score (nSPS) is 11.0. The summed E-state index contributed by atoms with van der Waals surface area (Å²) in [6.07, 6.45) is 1.70. The van der Waals surface area contributed by atoms with E-state index in [0.717, 1.165) is 5.56 Å². The molecule has 0 bridgehead atoms. The average Bonchev–Trinajstić information content (AvgIpc) is 2.31. The zero-order valence-electron chi connectivity index (χ0n) is 9.40. The van der Waals surface area contributed by atoms with Gasteiger partial charge in [-0.1, -0.05) is 36.4 Å². The second kappa shape index (κ2) is 5.85. The Morgan fingerprint density at radius 3 is 2.38 bits per heavy atom. The number of hydrogen-bond donors (Lipinski definition) is 0. The maximum Gasteiger partial charge on any atom is 0.341 e. The summed E-state index contributed by atoms with van der Waals surface area (Å²) in [4.78, 5) is 23.0. The molecule has 1 aromatic carbocycles. The number of methoxy groups -OCH3 is 1. The highest BCUT2D eigenvalue weighted by Crippen LogP contribution is 2.07. The third kappa shape index (κ3) is 3.05. The van der Waals surface area contributed by atoms with Crippen molar-refractivity contribution in [3.8, 4) is 0 Å². The molecule has 0 heterocycles. The van der Waals surface area contributed by atoms with Crippen LogP contribution in [0.2, 0.25) is 0 Å². The van der Waals surface area contributed by atoms with E-state index >= 15 is 0 Å². The number of carbonyl (C=O) groups excluding carboxylic acids is 2. The summed E-state index contributed by atoms with van der Waals surface area (Å²) in [5, 5.41) is 0.